The molecule has 3 N–H and O–H groups in total. The maximum Gasteiger partial charge on any atom is 0.325 e. The van der Waals surface area contributed by atoms with Crippen LogP contribution in [0.3, 0.4) is 0 Å². The van der Waals surface area contributed by atoms with Crippen LogP contribution in [0.15, 0.2) is 6.33 Å². The Kier molecular flexibility index (Phi) is 5.09. The molecule has 0 aromatic carbocycles. The standard InChI is InChI=1S/C10H17N5O3/c1-3-4-15-6-12-14-8(15)5-11-10(18)13-7(2)9(16)17/h6-7H,3-5H2,1-2H3,(H,16,17)(H2,11,13,18). The van der Waals surface area contributed by atoms with Gasteiger partial charge in [0.25, 0.3) is 0 Å². The number of aryl methyl sites for hydroxylation is 1. The molecular formula is C10H17N5O3. The van der Waals surface area contributed by atoms with Crippen molar-refractivity contribution in [1.29, 1.82) is 0 Å². The number of rotatable bonds is 6. The first-order chi connectivity index (χ1) is 8.54. The Balaban J connectivity index is 2.42. The molecule has 1 aromatic rings. The van der Waals surface area contributed by atoms with E-state index in [1.165, 1.54) is 6.92 Å². The molecule has 0 fully saturated rings. The molecule has 0 aliphatic heterocycles. The second-order valence-electron chi connectivity index (χ2n) is 3.83. The summed E-state index contributed by atoms with van der Waals surface area (Å²) in [5, 5.41) is 21.1. The van der Waals surface area contributed by atoms with E-state index in [1.54, 1.807) is 6.33 Å². The van der Waals surface area contributed by atoms with Gasteiger partial charge < -0.3 is 20.3 Å². The highest BCUT2D eigenvalue weighted by Crippen LogP contribution is 1.96. The van der Waals surface area contributed by atoms with E-state index >= 15 is 0 Å². The van der Waals surface area contributed by atoms with E-state index in [0.717, 1.165) is 13.0 Å². The van der Waals surface area contributed by atoms with Crippen molar-refractivity contribution >= 4 is 12.0 Å². The molecule has 1 heterocycles. The lowest BCUT2D eigenvalue weighted by molar-refractivity contribution is -0.138. The number of urea groups is 1. The largest absolute Gasteiger partial charge is 0.480 e. The highest BCUT2D eigenvalue weighted by molar-refractivity contribution is 5.81. The molecule has 0 spiro atoms. The summed E-state index contributed by atoms with van der Waals surface area (Å²) in [7, 11) is 0. The minimum atomic E-state index is -1.08. The first kappa shape index (κ1) is 13.9. The van der Waals surface area contributed by atoms with Crippen LogP contribution in [0.25, 0.3) is 0 Å². The Morgan fingerprint density at radius 1 is 1.56 bits per heavy atom. The van der Waals surface area contributed by atoms with E-state index in [9.17, 15) is 9.59 Å². The monoisotopic (exact) mass is 255 g/mol. The van der Waals surface area contributed by atoms with Crippen molar-refractivity contribution in [2.75, 3.05) is 0 Å². The van der Waals surface area contributed by atoms with Gasteiger partial charge in [-0.2, -0.15) is 0 Å². The Hall–Kier alpha value is -2.12. The molecule has 1 atom stereocenters. The van der Waals surface area contributed by atoms with Gasteiger partial charge in [0.1, 0.15) is 12.4 Å². The van der Waals surface area contributed by atoms with Crippen LogP contribution in [0, 0.1) is 0 Å². The van der Waals surface area contributed by atoms with Crippen molar-refractivity contribution in [2.45, 2.75) is 39.4 Å². The molecule has 0 aliphatic carbocycles. The predicted molar refractivity (Wildman–Crippen MR) is 62.8 cm³/mol. The van der Waals surface area contributed by atoms with E-state index in [-0.39, 0.29) is 6.54 Å². The molecule has 8 heteroatoms. The normalized spacial score (nSPS) is 11.9. The van der Waals surface area contributed by atoms with Crippen molar-refractivity contribution in [3.63, 3.8) is 0 Å². The van der Waals surface area contributed by atoms with Crippen LogP contribution in [0.4, 0.5) is 4.79 Å². The van der Waals surface area contributed by atoms with Crippen LogP contribution in [-0.4, -0.2) is 37.9 Å². The smallest absolute Gasteiger partial charge is 0.325 e. The Bertz CT molecular complexity index is 417. The fourth-order valence-electron chi connectivity index (χ4n) is 1.31. The van der Waals surface area contributed by atoms with E-state index < -0.39 is 18.0 Å². The molecule has 18 heavy (non-hydrogen) atoms. The molecule has 0 saturated carbocycles. The average Bonchev–Trinajstić information content (AvgIpc) is 2.74. The van der Waals surface area contributed by atoms with Crippen LogP contribution < -0.4 is 10.6 Å². The number of hydrogen-bond donors (Lipinski definition) is 3. The van der Waals surface area contributed by atoms with Crippen molar-refractivity contribution < 1.29 is 14.7 Å². The number of nitrogens with zero attached hydrogens (tertiary/aromatic N) is 3. The number of amides is 2. The lowest BCUT2D eigenvalue weighted by Crippen LogP contribution is -2.44. The lowest BCUT2D eigenvalue weighted by Gasteiger charge is -2.10. The highest BCUT2D eigenvalue weighted by atomic mass is 16.4. The second-order valence-corrected chi connectivity index (χ2v) is 3.83. The average molecular weight is 255 g/mol. The zero-order chi connectivity index (χ0) is 13.5. The zero-order valence-corrected chi connectivity index (χ0v) is 10.4. The second kappa shape index (κ2) is 6.58. The first-order valence-electron chi connectivity index (χ1n) is 5.68. The van der Waals surface area contributed by atoms with Gasteiger partial charge in [-0.1, -0.05) is 6.92 Å². The molecule has 0 radical (unpaired) electrons. The Labute approximate surface area is 104 Å². The third-order valence-electron chi connectivity index (χ3n) is 2.29. The fraction of sp³-hybridized carbons (Fsp3) is 0.600. The molecule has 0 bridgehead atoms. The van der Waals surface area contributed by atoms with Gasteiger partial charge in [-0.25, -0.2) is 4.79 Å². The molecule has 0 aliphatic rings. The molecule has 1 unspecified atom stereocenters. The molecule has 2 amide bonds. The number of hydrogen-bond acceptors (Lipinski definition) is 4. The number of carboxylic acid groups (broad SMARTS) is 1. The van der Waals surface area contributed by atoms with E-state index in [0.29, 0.717) is 5.82 Å². The van der Waals surface area contributed by atoms with Crippen molar-refractivity contribution in [3.05, 3.63) is 12.2 Å². The summed E-state index contributed by atoms with van der Waals surface area (Å²) in [4.78, 5) is 21.9. The summed E-state index contributed by atoms with van der Waals surface area (Å²) in [6.45, 7) is 4.40. The summed E-state index contributed by atoms with van der Waals surface area (Å²) in [5.41, 5.74) is 0. The zero-order valence-electron chi connectivity index (χ0n) is 10.4. The molecular weight excluding hydrogens is 238 g/mol. The Morgan fingerprint density at radius 3 is 2.89 bits per heavy atom. The van der Waals surface area contributed by atoms with Crippen LogP contribution >= 0.6 is 0 Å². The van der Waals surface area contributed by atoms with Gasteiger partial charge in [0.15, 0.2) is 5.82 Å². The lowest BCUT2D eigenvalue weighted by atomic mass is 10.3. The fourth-order valence-corrected chi connectivity index (χ4v) is 1.31. The molecule has 1 aromatic heterocycles. The number of aliphatic carboxylic acids is 1. The predicted octanol–water partition coefficient (Wildman–Crippen LogP) is -0.0396. The number of carbonyl (C=O) groups excluding carboxylic acids is 1. The summed E-state index contributed by atoms with van der Waals surface area (Å²) < 4.78 is 1.83. The van der Waals surface area contributed by atoms with Crippen molar-refractivity contribution in [3.8, 4) is 0 Å². The van der Waals surface area contributed by atoms with E-state index in [2.05, 4.69) is 20.8 Å². The van der Waals surface area contributed by atoms with Gasteiger partial charge in [0.05, 0.1) is 6.54 Å². The van der Waals surface area contributed by atoms with Crippen LogP contribution in [-0.2, 0) is 17.9 Å². The number of carbonyl (C=O) groups is 2. The number of aromatic nitrogens is 3. The van der Waals surface area contributed by atoms with Gasteiger partial charge in [-0.05, 0) is 13.3 Å². The van der Waals surface area contributed by atoms with Gasteiger partial charge in [-0.3, -0.25) is 4.79 Å². The molecule has 0 saturated heterocycles. The third-order valence-corrected chi connectivity index (χ3v) is 2.29. The van der Waals surface area contributed by atoms with Crippen molar-refractivity contribution in [2.24, 2.45) is 0 Å². The maximum absolute atomic E-state index is 11.4. The minimum Gasteiger partial charge on any atom is -0.480 e. The minimum absolute atomic E-state index is 0.207. The summed E-state index contributed by atoms with van der Waals surface area (Å²) in [6.07, 6.45) is 2.53. The number of carboxylic acids is 1. The first-order valence-corrected chi connectivity index (χ1v) is 5.68. The summed E-state index contributed by atoms with van der Waals surface area (Å²) in [6, 6.07) is -1.48. The van der Waals surface area contributed by atoms with Gasteiger partial charge in [0, 0.05) is 6.54 Å². The molecule has 100 valence electrons. The quantitative estimate of drug-likeness (QED) is 0.660. The summed E-state index contributed by atoms with van der Waals surface area (Å²) >= 11 is 0. The van der Waals surface area contributed by atoms with Crippen LogP contribution in [0.5, 0.6) is 0 Å². The SMILES string of the molecule is CCCn1cnnc1CNC(=O)NC(C)C(=O)O. The summed E-state index contributed by atoms with van der Waals surface area (Å²) in [5.74, 6) is -0.450. The maximum atomic E-state index is 11.4. The molecule has 8 nitrogen and oxygen atoms in total. The highest BCUT2D eigenvalue weighted by Gasteiger charge is 2.14. The number of nitrogens with one attached hydrogen (secondary N) is 2. The van der Waals surface area contributed by atoms with Crippen molar-refractivity contribution in [1.82, 2.24) is 25.4 Å². The molecule has 1 rings (SSSR count). The third kappa shape index (κ3) is 4.04. The van der Waals surface area contributed by atoms with E-state index in [1.807, 2.05) is 11.5 Å². The van der Waals surface area contributed by atoms with Crippen LogP contribution in [0.2, 0.25) is 0 Å². The van der Waals surface area contributed by atoms with Gasteiger partial charge >= 0.3 is 12.0 Å². The van der Waals surface area contributed by atoms with Gasteiger partial charge in [0.2, 0.25) is 0 Å². The topological polar surface area (TPSA) is 109 Å². The van der Waals surface area contributed by atoms with E-state index in [4.69, 9.17) is 5.11 Å². The van der Waals surface area contributed by atoms with Gasteiger partial charge in [-0.15, -0.1) is 10.2 Å². The van der Waals surface area contributed by atoms with Crippen LogP contribution in [0.1, 0.15) is 26.1 Å². The Morgan fingerprint density at radius 2 is 2.28 bits per heavy atom.